The molecule has 1 nitrogen and oxygen atoms in total. The minimum absolute atomic E-state index is 0.486. The molecule has 0 fully saturated rings. The number of rotatable bonds is 2. The molecule has 2 heteroatoms. The van der Waals surface area contributed by atoms with Gasteiger partial charge in [-0.05, 0) is 19.4 Å². The van der Waals surface area contributed by atoms with Gasteiger partial charge >= 0.3 is 0 Å². The summed E-state index contributed by atoms with van der Waals surface area (Å²) in [6.45, 7) is 3.18. The van der Waals surface area contributed by atoms with Crippen molar-refractivity contribution < 1.29 is 4.39 Å². The number of nitrogens with two attached hydrogens (primary N) is 1. The van der Waals surface area contributed by atoms with E-state index >= 15 is 0 Å². The molecular formula is C10H14FN. The number of hydrogen-bond acceptors (Lipinski definition) is 1. The highest BCUT2D eigenvalue weighted by Gasteiger charge is 2.29. The summed E-state index contributed by atoms with van der Waals surface area (Å²) < 4.78 is 13.8. The quantitative estimate of drug-likeness (QED) is 0.718. The van der Waals surface area contributed by atoms with Crippen molar-refractivity contribution in [1.29, 1.82) is 0 Å². The van der Waals surface area contributed by atoms with E-state index in [2.05, 4.69) is 0 Å². The van der Waals surface area contributed by atoms with Crippen LogP contribution in [0.4, 0.5) is 4.39 Å². The molecule has 1 rings (SSSR count). The van der Waals surface area contributed by atoms with Crippen LogP contribution in [0.1, 0.15) is 19.4 Å². The molecule has 0 aliphatic carbocycles. The van der Waals surface area contributed by atoms with Crippen molar-refractivity contribution in [1.82, 2.24) is 0 Å². The minimum Gasteiger partial charge on any atom is -0.325 e. The first kappa shape index (κ1) is 9.20. The van der Waals surface area contributed by atoms with Gasteiger partial charge in [0.2, 0.25) is 0 Å². The first-order chi connectivity index (χ1) is 5.55. The molecule has 0 aliphatic heterocycles. The monoisotopic (exact) mass is 167 g/mol. The van der Waals surface area contributed by atoms with E-state index in [4.69, 9.17) is 5.73 Å². The molecule has 1 aromatic carbocycles. The third kappa shape index (κ3) is 1.64. The van der Waals surface area contributed by atoms with E-state index in [0.717, 1.165) is 0 Å². The lowest BCUT2D eigenvalue weighted by molar-refractivity contribution is 0.158. The Labute approximate surface area is 72.4 Å². The lowest BCUT2D eigenvalue weighted by atomic mass is 9.92. The minimum atomic E-state index is -1.43. The summed E-state index contributed by atoms with van der Waals surface area (Å²) in [6.07, 6.45) is 0. The molecule has 1 unspecified atom stereocenters. The maximum Gasteiger partial charge on any atom is 0.147 e. The lowest BCUT2D eigenvalue weighted by Crippen LogP contribution is -2.36. The van der Waals surface area contributed by atoms with E-state index in [-0.39, 0.29) is 0 Å². The summed E-state index contributed by atoms with van der Waals surface area (Å²) in [6, 6.07) is 8.51. The average Bonchev–Trinajstić information content (AvgIpc) is 2.06. The Morgan fingerprint density at radius 2 is 1.83 bits per heavy atom. The molecule has 2 atom stereocenters. The Balaban J connectivity index is 2.98. The van der Waals surface area contributed by atoms with E-state index in [1.54, 1.807) is 19.1 Å². The first-order valence-corrected chi connectivity index (χ1v) is 4.05. The summed E-state index contributed by atoms with van der Waals surface area (Å²) in [7, 11) is 0. The average molecular weight is 167 g/mol. The van der Waals surface area contributed by atoms with E-state index in [1.807, 2.05) is 18.2 Å². The second-order valence-electron chi connectivity index (χ2n) is 3.23. The third-order valence-corrected chi connectivity index (χ3v) is 2.19. The van der Waals surface area contributed by atoms with Gasteiger partial charge in [0.05, 0.1) is 0 Å². The topological polar surface area (TPSA) is 26.0 Å². The fourth-order valence-electron chi connectivity index (χ4n) is 1.03. The van der Waals surface area contributed by atoms with Crippen molar-refractivity contribution in [3.05, 3.63) is 35.9 Å². The third-order valence-electron chi connectivity index (χ3n) is 2.19. The van der Waals surface area contributed by atoms with Crippen LogP contribution in [0, 0.1) is 0 Å². The molecule has 1 aromatic rings. The molecule has 2 N–H and O–H groups in total. The molecule has 0 amide bonds. The van der Waals surface area contributed by atoms with E-state index in [0.29, 0.717) is 5.56 Å². The van der Waals surface area contributed by atoms with Crippen LogP contribution in [-0.4, -0.2) is 6.04 Å². The number of alkyl halides is 1. The summed E-state index contributed by atoms with van der Waals surface area (Å²) in [5, 5.41) is 0. The van der Waals surface area contributed by atoms with Gasteiger partial charge in [0.15, 0.2) is 0 Å². The summed E-state index contributed by atoms with van der Waals surface area (Å²) in [5.74, 6) is 0. The Morgan fingerprint density at radius 3 is 2.25 bits per heavy atom. The van der Waals surface area contributed by atoms with Crippen molar-refractivity contribution in [3.8, 4) is 0 Å². The van der Waals surface area contributed by atoms with Crippen LogP contribution in [0.5, 0.6) is 0 Å². The zero-order valence-electron chi connectivity index (χ0n) is 7.42. The standard InChI is InChI=1S/C10H14FN/c1-8(12)10(2,11)9-6-4-3-5-7-9/h3-8H,12H2,1-2H3/t8-,10?/m1/s1. The largest absolute Gasteiger partial charge is 0.325 e. The summed E-state index contributed by atoms with van der Waals surface area (Å²) in [5.41, 5.74) is 4.74. The van der Waals surface area contributed by atoms with Gasteiger partial charge in [-0.1, -0.05) is 30.3 Å². The van der Waals surface area contributed by atoms with Crippen LogP contribution in [0.15, 0.2) is 30.3 Å². The van der Waals surface area contributed by atoms with Crippen LogP contribution in [0.25, 0.3) is 0 Å². The molecule has 0 heterocycles. The Bertz CT molecular complexity index is 241. The normalized spacial score (nSPS) is 18.3. The van der Waals surface area contributed by atoms with Crippen LogP contribution in [-0.2, 0) is 5.67 Å². The van der Waals surface area contributed by atoms with Crippen molar-refractivity contribution >= 4 is 0 Å². The zero-order chi connectivity index (χ0) is 9.19. The molecule has 66 valence electrons. The van der Waals surface area contributed by atoms with Crippen molar-refractivity contribution in [3.63, 3.8) is 0 Å². The smallest absolute Gasteiger partial charge is 0.147 e. The molecule has 12 heavy (non-hydrogen) atoms. The Hall–Kier alpha value is -0.890. The van der Waals surface area contributed by atoms with E-state index in [9.17, 15) is 4.39 Å². The maximum absolute atomic E-state index is 13.8. The number of halogens is 1. The van der Waals surface area contributed by atoms with Gasteiger partial charge in [-0.25, -0.2) is 4.39 Å². The maximum atomic E-state index is 13.8. The van der Waals surface area contributed by atoms with Crippen LogP contribution in [0.3, 0.4) is 0 Å². The van der Waals surface area contributed by atoms with E-state index in [1.165, 1.54) is 6.92 Å². The SMILES string of the molecule is C[C@@H](N)C(C)(F)c1ccccc1. The van der Waals surface area contributed by atoms with Gasteiger partial charge in [-0.2, -0.15) is 0 Å². The summed E-state index contributed by atoms with van der Waals surface area (Å²) in [4.78, 5) is 0. The molecule has 0 bridgehead atoms. The highest BCUT2D eigenvalue weighted by molar-refractivity contribution is 5.23. The Morgan fingerprint density at radius 1 is 1.33 bits per heavy atom. The highest BCUT2D eigenvalue weighted by Crippen LogP contribution is 2.27. The molecule has 0 saturated heterocycles. The molecule has 0 radical (unpaired) electrons. The van der Waals surface area contributed by atoms with Crippen molar-refractivity contribution in [2.45, 2.75) is 25.6 Å². The van der Waals surface area contributed by atoms with E-state index < -0.39 is 11.7 Å². The van der Waals surface area contributed by atoms with Crippen LogP contribution in [0.2, 0.25) is 0 Å². The highest BCUT2D eigenvalue weighted by atomic mass is 19.1. The predicted octanol–water partition coefficient (Wildman–Crippen LogP) is 2.22. The number of benzene rings is 1. The predicted molar refractivity (Wildman–Crippen MR) is 48.6 cm³/mol. The molecule has 0 aromatic heterocycles. The second-order valence-corrected chi connectivity index (χ2v) is 3.23. The van der Waals surface area contributed by atoms with Gasteiger partial charge < -0.3 is 5.73 Å². The first-order valence-electron chi connectivity index (χ1n) is 4.05. The lowest BCUT2D eigenvalue weighted by Gasteiger charge is -2.24. The van der Waals surface area contributed by atoms with Crippen molar-refractivity contribution in [2.24, 2.45) is 5.73 Å². The van der Waals surface area contributed by atoms with Gasteiger partial charge in [0.1, 0.15) is 5.67 Å². The van der Waals surface area contributed by atoms with Gasteiger partial charge in [0.25, 0.3) is 0 Å². The van der Waals surface area contributed by atoms with Gasteiger partial charge in [0, 0.05) is 6.04 Å². The Kier molecular flexibility index (Phi) is 2.48. The zero-order valence-corrected chi connectivity index (χ0v) is 7.42. The molecule has 0 spiro atoms. The van der Waals surface area contributed by atoms with Crippen molar-refractivity contribution in [2.75, 3.05) is 0 Å². The van der Waals surface area contributed by atoms with Crippen LogP contribution < -0.4 is 5.73 Å². The van der Waals surface area contributed by atoms with Gasteiger partial charge in [-0.3, -0.25) is 0 Å². The number of hydrogen-bond donors (Lipinski definition) is 1. The van der Waals surface area contributed by atoms with Gasteiger partial charge in [-0.15, -0.1) is 0 Å². The fraction of sp³-hybridized carbons (Fsp3) is 0.400. The molecular weight excluding hydrogens is 153 g/mol. The second kappa shape index (κ2) is 3.23. The van der Waals surface area contributed by atoms with Crippen LogP contribution >= 0.6 is 0 Å². The summed E-state index contributed by atoms with van der Waals surface area (Å²) >= 11 is 0. The molecule has 0 saturated carbocycles. The fourth-order valence-corrected chi connectivity index (χ4v) is 1.03. The molecule has 0 aliphatic rings.